The number of hydrogen-bond acceptors (Lipinski definition) is 3. The first-order valence-electron chi connectivity index (χ1n) is 8.06. The highest BCUT2D eigenvalue weighted by atomic mass is 16.5. The molecule has 24 heavy (non-hydrogen) atoms. The van der Waals surface area contributed by atoms with Crippen LogP contribution in [0.3, 0.4) is 0 Å². The first-order valence-corrected chi connectivity index (χ1v) is 8.06. The Morgan fingerprint density at radius 2 is 1.75 bits per heavy atom. The van der Waals surface area contributed by atoms with E-state index in [0.29, 0.717) is 0 Å². The topological polar surface area (TPSA) is 37.6 Å². The zero-order valence-corrected chi connectivity index (χ0v) is 14.7. The van der Waals surface area contributed by atoms with Gasteiger partial charge in [-0.2, -0.15) is 0 Å². The normalized spacial score (nSPS) is 12.8. The molecule has 2 aromatic carbocycles. The van der Waals surface area contributed by atoms with Gasteiger partial charge in [0, 0.05) is 24.5 Å². The van der Waals surface area contributed by atoms with Crippen molar-refractivity contribution >= 4 is 10.9 Å². The molecule has 0 saturated heterocycles. The van der Waals surface area contributed by atoms with Crippen LogP contribution >= 0.6 is 0 Å². The summed E-state index contributed by atoms with van der Waals surface area (Å²) < 4.78 is 7.31. The molecule has 4 heteroatoms. The van der Waals surface area contributed by atoms with E-state index in [0.717, 1.165) is 29.1 Å². The Bertz CT molecular complexity index is 835. The maximum absolute atomic E-state index is 11.1. The predicted molar refractivity (Wildman–Crippen MR) is 97.4 cm³/mol. The number of fused-ring (bicyclic) bond motifs is 1. The summed E-state index contributed by atoms with van der Waals surface area (Å²) in [7, 11) is 7.75. The van der Waals surface area contributed by atoms with Crippen LogP contribution in [0.15, 0.2) is 48.5 Å². The molecule has 0 aliphatic carbocycles. The predicted octanol–water partition coefficient (Wildman–Crippen LogP) is 3.33. The van der Waals surface area contributed by atoms with Crippen molar-refractivity contribution in [3.63, 3.8) is 0 Å². The van der Waals surface area contributed by atoms with E-state index in [9.17, 15) is 5.11 Å². The van der Waals surface area contributed by atoms with Gasteiger partial charge in [-0.15, -0.1) is 0 Å². The van der Waals surface area contributed by atoms with Crippen molar-refractivity contribution in [1.82, 2.24) is 9.47 Å². The summed E-state index contributed by atoms with van der Waals surface area (Å²) in [4.78, 5) is 2.13. The zero-order chi connectivity index (χ0) is 17.3. The molecule has 1 atom stereocenters. The molecule has 1 aromatic heterocycles. The molecule has 0 saturated carbocycles. The molecule has 0 spiro atoms. The van der Waals surface area contributed by atoms with Crippen molar-refractivity contribution in [2.24, 2.45) is 7.05 Å². The molecule has 126 valence electrons. The summed E-state index contributed by atoms with van der Waals surface area (Å²) in [6, 6.07) is 15.9. The van der Waals surface area contributed by atoms with Gasteiger partial charge in [0.25, 0.3) is 0 Å². The van der Waals surface area contributed by atoms with E-state index in [1.54, 1.807) is 7.11 Å². The van der Waals surface area contributed by atoms with Crippen molar-refractivity contribution in [2.75, 3.05) is 21.2 Å². The van der Waals surface area contributed by atoms with Crippen LogP contribution in [0.1, 0.15) is 22.9 Å². The summed E-state index contributed by atoms with van der Waals surface area (Å²) in [5.41, 5.74) is 4.11. The van der Waals surface area contributed by atoms with E-state index < -0.39 is 6.10 Å². The van der Waals surface area contributed by atoms with Crippen LogP contribution in [0.5, 0.6) is 5.75 Å². The number of aromatic nitrogens is 1. The number of benzene rings is 2. The number of aliphatic hydroxyl groups is 1. The van der Waals surface area contributed by atoms with E-state index >= 15 is 0 Å². The van der Waals surface area contributed by atoms with Gasteiger partial charge in [0.1, 0.15) is 11.9 Å². The molecule has 4 nitrogen and oxygen atoms in total. The Balaban J connectivity index is 2.14. The fourth-order valence-corrected chi connectivity index (χ4v) is 3.27. The highest BCUT2D eigenvalue weighted by Crippen LogP contribution is 2.33. The second kappa shape index (κ2) is 6.67. The van der Waals surface area contributed by atoms with Gasteiger partial charge >= 0.3 is 0 Å². The maximum atomic E-state index is 11.1. The van der Waals surface area contributed by atoms with Crippen molar-refractivity contribution in [3.8, 4) is 5.75 Å². The third kappa shape index (κ3) is 2.90. The van der Waals surface area contributed by atoms with Crippen molar-refractivity contribution in [1.29, 1.82) is 0 Å². The molecule has 0 aliphatic heterocycles. The standard InChI is InChI=1S/C20H24N2O2/c1-21(2)13-17-16-7-5-6-8-18(16)22(3)19(17)20(23)14-9-11-15(24-4)12-10-14/h5-12,20,23H,13H2,1-4H3. The molecule has 0 amide bonds. The Labute approximate surface area is 142 Å². The molecule has 0 aliphatic rings. The van der Waals surface area contributed by atoms with E-state index in [1.807, 2.05) is 57.5 Å². The maximum Gasteiger partial charge on any atom is 0.119 e. The van der Waals surface area contributed by atoms with Gasteiger partial charge in [-0.25, -0.2) is 0 Å². The van der Waals surface area contributed by atoms with Gasteiger partial charge < -0.3 is 19.3 Å². The third-order valence-corrected chi connectivity index (χ3v) is 4.43. The fourth-order valence-electron chi connectivity index (χ4n) is 3.27. The Morgan fingerprint density at radius 1 is 1.08 bits per heavy atom. The molecule has 3 rings (SSSR count). The summed E-state index contributed by atoms with van der Waals surface area (Å²) in [5.74, 6) is 0.788. The second-order valence-corrected chi connectivity index (χ2v) is 6.35. The van der Waals surface area contributed by atoms with Gasteiger partial charge in [-0.3, -0.25) is 0 Å². The van der Waals surface area contributed by atoms with Crippen LogP contribution < -0.4 is 4.74 Å². The van der Waals surface area contributed by atoms with Crippen LogP contribution in [0.2, 0.25) is 0 Å². The number of aryl methyl sites for hydroxylation is 1. The molecule has 1 N–H and O–H groups in total. The number of ether oxygens (including phenoxy) is 1. The summed E-state index contributed by atoms with van der Waals surface area (Å²) in [5, 5.41) is 12.2. The van der Waals surface area contributed by atoms with Gasteiger partial charge in [-0.05, 0) is 43.4 Å². The van der Waals surface area contributed by atoms with Crippen molar-refractivity contribution in [3.05, 3.63) is 65.4 Å². The van der Waals surface area contributed by atoms with Crippen molar-refractivity contribution in [2.45, 2.75) is 12.6 Å². The number of nitrogens with zero attached hydrogens (tertiary/aromatic N) is 2. The number of aliphatic hydroxyl groups excluding tert-OH is 1. The van der Waals surface area contributed by atoms with Gasteiger partial charge in [-0.1, -0.05) is 30.3 Å². The molecule has 1 unspecified atom stereocenters. The highest BCUT2D eigenvalue weighted by molar-refractivity contribution is 5.85. The number of rotatable bonds is 5. The number of para-hydroxylation sites is 1. The van der Waals surface area contributed by atoms with E-state index in [-0.39, 0.29) is 0 Å². The quantitative estimate of drug-likeness (QED) is 0.782. The van der Waals surface area contributed by atoms with Crippen LogP contribution in [0, 0.1) is 0 Å². The van der Waals surface area contributed by atoms with E-state index in [4.69, 9.17) is 4.74 Å². The summed E-state index contributed by atoms with van der Waals surface area (Å²) in [6.45, 7) is 0.782. The average Bonchev–Trinajstić information content (AvgIpc) is 2.86. The SMILES string of the molecule is COc1ccc(C(O)c2c(CN(C)C)c3ccccc3n2C)cc1. The van der Waals surface area contributed by atoms with Crippen LogP contribution in [0.25, 0.3) is 10.9 Å². The van der Waals surface area contributed by atoms with Crippen LogP contribution in [-0.2, 0) is 13.6 Å². The Hall–Kier alpha value is -2.30. The minimum absolute atomic E-state index is 0.678. The van der Waals surface area contributed by atoms with Crippen molar-refractivity contribution < 1.29 is 9.84 Å². The number of methoxy groups -OCH3 is 1. The first kappa shape index (κ1) is 16.6. The molecular weight excluding hydrogens is 300 g/mol. The lowest BCUT2D eigenvalue weighted by Crippen LogP contribution is -2.15. The van der Waals surface area contributed by atoms with E-state index in [2.05, 4.69) is 21.6 Å². The lowest BCUT2D eigenvalue weighted by molar-refractivity contribution is 0.209. The average molecular weight is 324 g/mol. The smallest absolute Gasteiger partial charge is 0.119 e. The minimum atomic E-state index is -0.678. The van der Waals surface area contributed by atoms with Gasteiger partial charge in [0.15, 0.2) is 0 Å². The highest BCUT2D eigenvalue weighted by Gasteiger charge is 2.22. The molecule has 1 heterocycles. The second-order valence-electron chi connectivity index (χ2n) is 6.35. The molecule has 0 bridgehead atoms. The van der Waals surface area contributed by atoms with Gasteiger partial charge in [0.05, 0.1) is 12.8 Å². The zero-order valence-electron chi connectivity index (χ0n) is 14.7. The molecule has 3 aromatic rings. The lowest BCUT2D eigenvalue weighted by atomic mass is 10.0. The largest absolute Gasteiger partial charge is 0.497 e. The third-order valence-electron chi connectivity index (χ3n) is 4.43. The van der Waals surface area contributed by atoms with Gasteiger partial charge in [0.2, 0.25) is 0 Å². The molecule has 0 radical (unpaired) electrons. The van der Waals surface area contributed by atoms with Crippen LogP contribution in [-0.4, -0.2) is 35.8 Å². The Kier molecular flexibility index (Phi) is 4.60. The number of hydrogen-bond donors (Lipinski definition) is 1. The summed E-state index contributed by atoms with van der Waals surface area (Å²) >= 11 is 0. The molecular formula is C20H24N2O2. The lowest BCUT2D eigenvalue weighted by Gasteiger charge is -2.18. The monoisotopic (exact) mass is 324 g/mol. The van der Waals surface area contributed by atoms with E-state index in [1.165, 1.54) is 10.9 Å². The van der Waals surface area contributed by atoms with Crippen LogP contribution in [0.4, 0.5) is 0 Å². The molecule has 0 fully saturated rings. The fraction of sp³-hybridized carbons (Fsp3) is 0.300. The minimum Gasteiger partial charge on any atom is -0.497 e. The Morgan fingerprint density at radius 3 is 2.38 bits per heavy atom. The first-order chi connectivity index (χ1) is 11.5. The summed E-state index contributed by atoms with van der Waals surface area (Å²) in [6.07, 6.45) is -0.678.